The van der Waals surface area contributed by atoms with E-state index < -0.39 is 0 Å². The van der Waals surface area contributed by atoms with Gasteiger partial charge in [-0.15, -0.1) is 0 Å². The van der Waals surface area contributed by atoms with Crippen molar-refractivity contribution in [3.8, 4) is 11.3 Å². The molecule has 0 aliphatic rings. The summed E-state index contributed by atoms with van der Waals surface area (Å²) >= 11 is 0. The summed E-state index contributed by atoms with van der Waals surface area (Å²) in [5.41, 5.74) is 4.58. The van der Waals surface area contributed by atoms with Gasteiger partial charge in [-0.2, -0.15) is 0 Å². The Balaban J connectivity index is 2.36. The average molecular weight is 244 g/mol. The first-order valence-electron chi connectivity index (χ1n) is 6.32. The number of nitrogens with zero attached hydrogens (tertiary/aromatic N) is 1. The fourth-order valence-corrected chi connectivity index (χ4v) is 2.07. The van der Waals surface area contributed by atoms with E-state index in [2.05, 4.69) is 56.2 Å². The van der Waals surface area contributed by atoms with Crippen LogP contribution in [0.15, 0.2) is 29.0 Å². The standard InChI is InChI=1S/C15H20N2O/c1-10(2)16-8-13-15(18-9-17-13)14-11(3)6-5-7-12(14)4/h5-7,9-10,16H,8H2,1-4H3. The molecule has 3 nitrogen and oxygen atoms in total. The summed E-state index contributed by atoms with van der Waals surface area (Å²) in [4.78, 5) is 4.32. The molecule has 0 saturated carbocycles. The van der Waals surface area contributed by atoms with Crippen LogP contribution in [-0.2, 0) is 6.54 Å². The second-order valence-corrected chi connectivity index (χ2v) is 4.93. The molecule has 0 unspecified atom stereocenters. The van der Waals surface area contributed by atoms with Crippen molar-refractivity contribution in [3.63, 3.8) is 0 Å². The molecule has 2 aromatic rings. The third-order valence-electron chi connectivity index (χ3n) is 3.03. The summed E-state index contributed by atoms with van der Waals surface area (Å²) in [6.45, 7) is 9.18. The van der Waals surface area contributed by atoms with Gasteiger partial charge in [-0.25, -0.2) is 4.98 Å². The third-order valence-corrected chi connectivity index (χ3v) is 3.03. The zero-order valence-electron chi connectivity index (χ0n) is 11.4. The first-order chi connectivity index (χ1) is 8.59. The number of oxazole rings is 1. The summed E-state index contributed by atoms with van der Waals surface area (Å²) in [6, 6.07) is 6.71. The van der Waals surface area contributed by atoms with E-state index in [4.69, 9.17) is 4.42 Å². The van der Waals surface area contributed by atoms with E-state index in [1.807, 2.05) is 0 Å². The highest BCUT2D eigenvalue weighted by Crippen LogP contribution is 2.29. The van der Waals surface area contributed by atoms with Crippen LogP contribution in [0.4, 0.5) is 0 Å². The molecular formula is C15H20N2O. The van der Waals surface area contributed by atoms with Gasteiger partial charge in [0, 0.05) is 18.2 Å². The van der Waals surface area contributed by atoms with E-state index in [-0.39, 0.29) is 0 Å². The summed E-state index contributed by atoms with van der Waals surface area (Å²) < 4.78 is 5.59. The smallest absolute Gasteiger partial charge is 0.181 e. The first kappa shape index (κ1) is 12.8. The number of aromatic nitrogens is 1. The number of nitrogens with one attached hydrogen (secondary N) is 1. The van der Waals surface area contributed by atoms with Gasteiger partial charge in [-0.05, 0) is 25.0 Å². The first-order valence-corrected chi connectivity index (χ1v) is 6.32. The predicted octanol–water partition coefficient (Wildman–Crippen LogP) is 3.46. The van der Waals surface area contributed by atoms with Gasteiger partial charge in [-0.1, -0.05) is 32.0 Å². The third kappa shape index (κ3) is 2.62. The molecule has 1 aromatic carbocycles. The van der Waals surface area contributed by atoms with E-state index in [0.717, 1.165) is 23.6 Å². The minimum absolute atomic E-state index is 0.438. The molecule has 0 bridgehead atoms. The minimum Gasteiger partial charge on any atom is -0.443 e. The lowest BCUT2D eigenvalue weighted by atomic mass is 9.99. The molecule has 0 aliphatic carbocycles. The number of hydrogen-bond donors (Lipinski definition) is 1. The molecule has 0 amide bonds. The second-order valence-electron chi connectivity index (χ2n) is 4.93. The van der Waals surface area contributed by atoms with E-state index in [1.54, 1.807) is 0 Å². The molecule has 0 spiro atoms. The lowest BCUT2D eigenvalue weighted by Crippen LogP contribution is -2.22. The van der Waals surface area contributed by atoms with Gasteiger partial charge in [0.05, 0.1) is 0 Å². The highest BCUT2D eigenvalue weighted by Gasteiger charge is 2.14. The lowest BCUT2D eigenvalue weighted by molar-refractivity contribution is 0.562. The van der Waals surface area contributed by atoms with Crippen LogP contribution in [-0.4, -0.2) is 11.0 Å². The quantitative estimate of drug-likeness (QED) is 0.895. The highest BCUT2D eigenvalue weighted by molar-refractivity contribution is 5.67. The Morgan fingerprint density at radius 2 is 1.89 bits per heavy atom. The zero-order valence-corrected chi connectivity index (χ0v) is 11.4. The van der Waals surface area contributed by atoms with Crippen LogP contribution in [0.5, 0.6) is 0 Å². The minimum atomic E-state index is 0.438. The molecule has 0 fully saturated rings. The average Bonchev–Trinajstić information content (AvgIpc) is 2.74. The Bertz CT molecular complexity index is 509. The maximum absolute atomic E-state index is 5.59. The van der Waals surface area contributed by atoms with Crippen molar-refractivity contribution >= 4 is 0 Å². The van der Waals surface area contributed by atoms with Crippen molar-refractivity contribution in [3.05, 3.63) is 41.4 Å². The van der Waals surface area contributed by atoms with Crippen molar-refractivity contribution in [2.75, 3.05) is 0 Å². The van der Waals surface area contributed by atoms with E-state index >= 15 is 0 Å². The molecule has 3 heteroatoms. The van der Waals surface area contributed by atoms with Crippen LogP contribution >= 0.6 is 0 Å². The van der Waals surface area contributed by atoms with Crippen LogP contribution in [0.25, 0.3) is 11.3 Å². The monoisotopic (exact) mass is 244 g/mol. The largest absolute Gasteiger partial charge is 0.443 e. The van der Waals surface area contributed by atoms with Crippen LogP contribution in [0.3, 0.4) is 0 Å². The molecule has 18 heavy (non-hydrogen) atoms. The van der Waals surface area contributed by atoms with Gasteiger partial charge < -0.3 is 9.73 Å². The lowest BCUT2D eigenvalue weighted by Gasteiger charge is -2.10. The molecule has 1 heterocycles. The maximum atomic E-state index is 5.59. The SMILES string of the molecule is Cc1cccc(C)c1-c1ocnc1CNC(C)C. The fraction of sp³-hybridized carbons (Fsp3) is 0.400. The summed E-state index contributed by atoms with van der Waals surface area (Å²) in [5, 5.41) is 3.37. The van der Waals surface area contributed by atoms with Crippen LogP contribution in [0.1, 0.15) is 30.7 Å². The van der Waals surface area contributed by atoms with Gasteiger partial charge >= 0.3 is 0 Å². The van der Waals surface area contributed by atoms with Crippen molar-refractivity contribution in [2.45, 2.75) is 40.3 Å². The Labute approximate surface area is 108 Å². The van der Waals surface area contributed by atoms with E-state index in [1.165, 1.54) is 17.5 Å². The molecular weight excluding hydrogens is 224 g/mol. The molecule has 0 aliphatic heterocycles. The maximum Gasteiger partial charge on any atom is 0.181 e. The summed E-state index contributed by atoms with van der Waals surface area (Å²) in [7, 11) is 0. The predicted molar refractivity (Wildman–Crippen MR) is 73.4 cm³/mol. The Hall–Kier alpha value is -1.61. The van der Waals surface area contributed by atoms with Gasteiger partial charge in [0.1, 0.15) is 5.69 Å². The molecule has 0 radical (unpaired) electrons. The Kier molecular flexibility index (Phi) is 3.82. The normalized spacial score (nSPS) is 11.2. The molecule has 96 valence electrons. The Morgan fingerprint density at radius 1 is 1.22 bits per heavy atom. The van der Waals surface area contributed by atoms with E-state index in [9.17, 15) is 0 Å². The number of aryl methyl sites for hydroxylation is 2. The molecule has 1 aromatic heterocycles. The van der Waals surface area contributed by atoms with Gasteiger partial charge in [-0.3, -0.25) is 0 Å². The van der Waals surface area contributed by atoms with E-state index in [0.29, 0.717) is 6.04 Å². The summed E-state index contributed by atoms with van der Waals surface area (Å²) in [6.07, 6.45) is 1.53. The second kappa shape index (κ2) is 5.36. The number of benzene rings is 1. The van der Waals surface area contributed by atoms with Crippen molar-refractivity contribution < 1.29 is 4.42 Å². The fourth-order valence-electron chi connectivity index (χ4n) is 2.07. The molecule has 0 atom stereocenters. The number of rotatable bonds is 4. The molecule has 0 saturated heterocycles. The number of hydrogen-bond acceptors (Lipinski definition) is 3. The zero-order chi connectivity index (χ0) is 13.1. The van der Waals surface area contributed by atoms with Gasteiger partial charge in [0.25, 0.3) is 0 Å². The van der Waals surface area contributed by atoms with Gasteiger partial charge in [0.2, 0.25) is 0 Å². The van der Waals surface area contributed by atoms with Crippen LogP contribution < -0.4 is 5.32 Å². The summed E-state index contributed by atoms with van der Waals surface area (Å²) in [5.74, 6) is 0.888. The van der Waals surface area contributed by atoms with Crippen molar-refractivity contribution in [1.82, 2.24) is 10.3 Å². The van der Waals surface area contributed by atoms with Crippen molar-refractivity contribution in [2.24, 2.45) is 0 Å². The molecule has 2 rings (SSSR count). The topological polar surface area (TPSA) is 38.1 Å². The van der Waals surface area contributed by atoms with Gasteiger partial charge in [0.15, 0.2) is 12.2 Å². The van der Waals surface area contributed by atoms with Crippen LogP contribution in [0, 0.1) is 13.8 Å². The van der Waals surface area contributed by atoms with Crippen LogP contribution in [0.2, 0.25) is 0 Å². The Morgan fingerprint density at radius 3 is 2.50 bits per heavy atom. The highest BCUT2D eigenvalue weighted by atomic mass is 16.3. The van der Waals surface area contributed by atoms with Crippen molar-refractivity contribution in [1.29, 1.82) is 0 Å². The molecule has 1 N–H and O–H groups in total.